The fraction of sp³-hybridized carbons (Fsp3) is 0.150. The summed E-state index contributed by atoms with van der Waals surface area (Å²) in [6, 6.07) is 13.2. The number of carbonyl (C=O) groups is 3. The molecule has 2 aromatic rings. The van der Waals surface area contributed by atoms with Crippen LogP contribution >= 0.6 is 11.6 Å². The Kier molecular flexibility index (Phi) is 7.58. The van der Waals surface area contributed by atoms with E-state index in [1.54, 1.807) is 54.6 Å². The lowest BCUT2D eigenvalue weighted by atomic mass is 10.1. The van der Waals surface area contributed by atoms with E-state index >= 15 is 0 Å². The Hall–Kier alpha value is -3.12. The van der Waals surface area contributed by atoms with Gasteiger partial charge in [-0.2, -0.15) is 0 Å². The van der Waals surface area contributed by atoms with Crippen LogP contribution < -0.4 is 10.6 Å². The minimum Gasteiger partial charge on any atom is -0.465 e. The number of carbonyl (C=O) groups excluding carboxylic acids is 3. The summed E-state index contributed by atoms with van der Waals surface area (Å²) in [7, 11) is 1.32. The van der Waals surface area contributed by atoms with E-state index < -0.39 is 5.97 Å². The highest BCUT2D eigenvalue weighted by atomic mass is 35.5. The molecule has 0 bridgehead atoms. The van der Waals surface area contributed by atoms with Crippen LogP contribution in [0.5, 0.6) is 0 Å². The summed E-state index contributed by atoms with van der Waals surface area (Å²) >= 11 is 5.77. The summed E-state index contributed by atoms with van der Waals surface area (Å²) in [4.78, 5) is 35.0. The smallest absolute Gasteiger partial charge is 0.337 e. The molecule has 0 aromatic heterocycles. The topological polar surface area (TPSA) is 84.5 Å². The first kappa shape index (κ1) is 20.2. The van der Waals surface area contributed by atoms with Gasteiger partial charge in [-0.1, -0.05) is 23.7 Å². The Bertz CT molecular complexity index is 830. The SMILES string of the molecule is COC(=O)c1ccc(/C=C/C(=O)NCCNC(=O)c2ccc(Cl)cc2)cc1. The van der Waals surface area contributed by atoms with Gasteiger partial charge in [0.15, 0.2) is 0 Å². The van der Waals surface area contributed by atoms with Gasteiger partial charge in [-0.05, 0) is 48.0 Å². The molecule has 0 saturated carbocycles. The van der Waals surface area contributed by atoms with E-state index in [2.05, 4.69) is 15.4 Å². The fourth-order valence-corrected chi connectivity index (χ4v) is 2.27. The number of halogens is 1. The third kappa shape index (κ3) is 6.60. The molecule has 27 heavy (non-hydrogen) atoms. The Labute approximate surface area is 162 Å². The number of amides is 2. The standard InChI is InChI=1S/C20H19ClN2O4/c1-27-20(26)16-5-2-14(3-6-16)4-11-18(24)22-12-13-23-19(25)15-7-9-17(21)10-8-15/h2-11H,12-13H2,1H3,(H,22,24)(H,23,25)/b11-4+. The molecule has 0 unspecified atom stereocenters. The van der Waals surface area contributed by atoms with E-state index in [-0.39, 0.29) is 11.8 Å². The van der Waals surface area contributed by atoms with Crippen LogP contribution in [0.25, 0.3) is 6.08 Å². The van der Waals surface area contributed by atoms with E-state index in [0.29, 0.717) is 29.2 Å². The Morgan fingerprint density at radius 3 is 2.15 bits per heavy atom. The second kappa shape index (κ2) is 10.1. The van der Waals surface area contributed by atoms with Crippen LogP contribution in [0.3, 0.4) is 0 Å². The molecule has 6 nitrogen and oxygen atoms in total. The first-order valence-electron chi connectivity index (χ1n) is 8.17. The molecule has 2 rings (SSSR count). The number of esters is 1. The number of hydrogen-bond donors (Lipinski definition) is 2. The molecule has 0 fully saturated rings. The number of ether oxygens (including phenoxy) is 1. The molecule has 140 valence electrons. The van der Waals surface area contributed by atoms with Gasteiger partial charge in [-0.25, -0.2) is 4.79 Å². The molecule has 0 aliphatic rings. The van der Waals surface area contributed by atoms with Crippen LogP contribution in [0.1, 0.15) is 26.3 Å². The predicted octanol–water partition coefficient (Wildman–Crippen LogP) is 2.69. The van der Waals surface area contributed by atoms with Crippen molar-refractivity contribution in [2.24, 2.45) is 0 Å². The third-order valence-corrected chi connectivity index (χ3v) is 3.83. The van der Waals surface area contributed by atoms with Crippen LogP contribution in [-0.4, -0.2) is 38.0 Å². The minimum absolute atomic E-state index is 0.234. The van der Waals surface area contributed by atoms with Crippen molar-refractivity contribution in [3.63, 3.8) is 0 Å². The summed E-state index contributed by atoms with van der Waals surface area (Å²) in [5.41, 5.74) is 1.71. The molecular formula is C20H19ClN2O4. The van der Waals surface area contributed by atoms with Gasteiger partial charge in [0.25, 0.3) is 5.91 Å². The van der Waals surface area contributed by atoms with Crippen molar-refractivity contribution in [1.82, 2.24) is 10.6 Å². The average molecular weight is 387 g/mol. The first-order chi connectivity index (χ1) is 13.0. The zero-order valence-corrected chi connectivity index (χ0v) is 15.5. The van der Waals surface area contributed by atoms with Gasteiger partial charge in [0.1, 0.15) is 0 Å². The molecule has 0 aliphatic heterocycles. The van der Waals surface area contributed by atoms with E-state index in [4.69, 9.17) is 11.6 Å². The molecule has 0 saturated heterocycles. The lowest BCUT2D eigenvalue weighted by molar-refractivity contribution is -0.116. The second-order valence-corrected chi connectivity index (χ2v) is 5.94. The van der Waals surface area contributed by atoms with Gasteiger partial charge in [0.2, 0.25) is 5.91 Å². The van der Waals surface area contributed by atoms with Crippen molar-refractivity contribution in [2.45, 2.75) is 0 Å². The number of rotatable bonds is 7. The predicted molar refractivity (Wildman–Crippen MR) is 104 cm³/mol. The Balaban J connectivity index is 1.72. The van der Waals surface area contributed by atoms with Gasteiger partial charge < -0.3 is 15.4 Å². The highest BCUT2D eigenvalue weighted by molar-refractivity contribution is 6.30. The molecule has 0 heterocycles. The minimum atomic E-state index is -0.413. The molecule has 0 atom stereocenters. The van der Waals surface area contributed by atoms with Gasteiger partial charge >= 0.3 is 5.97 Å². The van der Waals surface area contributed by atoms with Crippen molar-refractivity contribution >= 4 is 35.5 Å². The monoisotopic (exact) mass is 386 g/mol. The molecular weight excluding hydrogens is 368 g/mol. The fourth-order valence-electron chi connectivity index (χ4n) is 2.14. The summed E-state index contributed by atoms with van der Waals surface area (Å²) < 4.78 is 4.62. The molecule has 0 spiro atoms. The van der Waals surface area contributed by atoms with Crippen molar-refractivity contribution in [2.75, 3.05) is 20.2 Å². The summed E-state index contributed by atoms with van der Waals surface area (Å²) in [5.74, 6) is -0.932. The number of nitrogens with one attached hydrogen (secondary N) is 2. The highest BCUT2D eigenvalue weighted by Gasteiger charge is 2.05. The maximum absolute atomic E-state index is 11.9. The number of benzene rings is 2. The molecule has 2 aromatic carbocycles. The number of hydrogen-bond acceptors (Lipinski definition) is 4. The molecule has 2 N–H and O–H groups in total. The quantitative estimate of drug-likeness (QED) is 0.435. The summed E-state index contributed by atoms with van der Waals surface area (Å²) in [5, 5.41) is 5.94. The van der Waals surface area contributed by atoms with E-state index in [1.165, 1.54) is 13.2 Å². The summed E-state index contributed by atoms with van der Waals surface area (Å²) in [6.07, 6.45) is 3.01. The maximum Gasteiger partial charge on any atom is 0.337 e. The third-order valence-electron chi connectivity index (χ3n) is 3.58. The number of methoxy groups -OCH3 is 1. The van der Waals surface area contributed by atoms with Gasteiger partial charge in [-0.3, -0.25) is 9.59 Å². The lowest BCUT2D eigenvalue weighted by Crippen LogP contribution is -2.33. The van der Waals surface area contributed by atoms with Crippen molar-refractivity contribution < 1.29 is 19.1 Å². The normalized spacial score (nSPS) is 10.4. The van der Waals surface area contributed by atoms with Crippen molar-refractivity contribution in [3.05, 3.63) is 76.3 Å². The van der Waals surface area contributed by atoms with Gasteiger partial charge in [0.05, 0.1) is 12.7 Å². The molecule has 0 aliphatic carbocycles. The van der Waals surface area contributed by atoms with Crippen LogP contribution in [0.4, 0.5) is 0 Å². The van der Waals surface area contributed by atoms with Crippen LogP contribution in [0, 0.1) is 0 Å². The van der Waals surface area contributed by atoms with E-state index in [9.17, 15) is 14.4 Å². The Morgan fingerprint density at radius 2 is 1.52 bits per heavy atom. The van der Waals surface area contributed by atoms with Crippen LogP contribution in [-0.2, 0) is 9.53 Å². The van der Waals surface area contributed by atoms with E-state index in [1.807, 2.05) is 0 Å². The highest BCUT2D eigenvalue weighted by Crippen LogP contribution is 2.09. The van der Waals surface area contributed by atoms with Crippen LogP contribution in [0.2, 0.25) is 5.02 Å². The summed E-state index contributed by atoms with van der Waals surface area (Å²) in [6.45, 7) is 0.596. The van der Waals surface area contributed by atoms with Crippen molar-refractivity contribution in [3.8, 4) is 0 Å². The van der Waals surface area contributed by atoms with Crippen LogP contribution in [0.15, 0.2) is 54.6 Å². The maximum atomic E-state index is 11.9. The zero-order valence-electron chi connectivity index (χ0n) is 14.7. The van der Waals surface area contributed by atoms with Crippen molar-refractivity contribution in [1.29, 1.82) is 0 Å². The molecule has 0 radical (unpaired) electrons. The lowest BCUT2D eigenvalue weighted by Gasteiger charge is -2.06. The Morgan fingerprint density at radius 1 is 0.926 bits per heavy atom. The largest absolute Gasteiger partial charge is 0.465 e. The van der Waals surface area contributed by atoms with Gasteiger partial charge in [-0.15, -0.1) is 0 Å². The average Bonchev–Trinajstić information content (AvgIpc) is 2.69. The second-order valence-electron chi connectivity index (χ2n) is 5.50. The first-order valence-corrected chi connectivity index (χ1v) is 8.55. The van der Waals surface area contributed by atoms with Gasteiger partial charge in [0, 0.05) is 29.8 Å². The zero-order chi connectivity index (χ0) is 19.6. The molecule has 2 amide bonds. The van der Waals surface area contributed by atoms with E-state index in [0.717, 1.165) is 5.56 Å². The molecule has 7 heteroatoms.